The van der Waals surface area contributed by atoms with Gasteiger partial charge in [-0.2, -0.15) is 5.10 Å². The Kier molecular flexibility index (Phi) is 3.80. The fourth-order valence-electron chi connectivity index (χ4n) is 2.18. The maximum absolute atomic E-state index is 12.4. The number of benzene rings is 1. The first kappa shape index (κ1) is 14.8. The quantitative estimate of drug-likeness (QED) is 0.907. The third-order valence-corrected chi connectivity index (χ3v) is 3.47. The number of carboxylic acid groups (broad SMARTS) is 1. The van der Waals surface area contributed by atoms with Crippen LogP contribution >= 0.6 is 0 Å². The van der Waals surface area contributed by atoms with Crippen molar-refractivity contribution in [3.8, 4) is 0 Å². The number of aromatic carboxylic acids is 1. The highest BCUT2D eigenvalue weighted by atomic mass is 16.4. The first-order valence-electron chi connectivity index (χ1n) is 6.46. The number of carboxylic acids is 1. The van der Waals surface area contributed by atoms with Gasteiger partial charge in [-0.25, -0.2) is 4.79 Å². The molecule has 0 aliphatic heterocycles. The van der Waals surface area contributed by atoms with Crippen LogP contribution in [0.5, 0.6) is 0 Å². The van der Waals surface area contributed by atoms with E-state index in [-0.39, 0.29) is 11.5 Å². The minimum Gasteiger partial charge on any atom is -0.478 e. The molecule has 6 nitrogen and oxygen atoms in total. The van der Waals surface area contributed by atoms with Crippen LogP contribution in [0.15, 0.2) is 18.2 Å². The van der Waals surface area contributed by atoms with Crippen molar-refractivity contribution >= 4 is 17.6 Å². The van der Waals surface area contributed by atoms with E-state index in [1.165, 1.54) is 12.1 Å². The minimum atomic E-state index is -1.03. The lowest BCUT2D eigenvalue weighted by Crippen LogP contribution is -2.15. The van der Waals surface area contributed by atoms with Gasteiger partial charge in [0.2, 0.25) is 0 Å². The molecule has 1 aromatic carbocycles. The summed E-state index contributed by atoms with van der Waals surface area (Å²) in [4.78, 5) is 23.4. The van der Waals surface area contributed by atoms with E-state index >= 15 is 0 Å². The summed E-state index contributed by atoms with van der Waals surface area (Å²) in [5.74, 6) is -1.32. The molecule has 2 rings (SSSR count). The molecule has 0 atom stereocenters. The topological polar surface area (TPSA) is 84.2 Å². The van der Waals surface area contributed by atoms with Gasteiger partial charge in [0.25, 0.3) is 5.91 Å². The van der Waals surface area contributed by atoms with Crippen molar-refractivity contribution in [2.24, 2.45) is 7.05 Å². The Morgan fingerprint density at radius 3 is 2.43 bits per heavy atom. The molecule has 0 aliphatic carbocycles. The summed E-state index contributed by atoms with van der Waals surface area (Å²) in [6, 6.07) is 4.63. The normalized spacial score (nSPS) is 10.5. The van der Waals surface area contributed by atoms with E-state index in [9.17, 15) is 9.59 Å². The van der Waals surface area contributed by atoms with E-state index in [1.54, 1.807) is 24.7 Å². The van der Waals surface area contributed by atoms with Crippen molar-refractivity contribution in [3.63, 3.8) is 0 Å². The molecule has 110 valence electrons. The van der Waals surface area contributed by atoms with Gasteiger partial charge in [-0.05, 0) is 38.5 Å². The van der Waals surface area contributed by atoms with Crippen LogP contribution < -0.4 is 5.32 Å². The predicted octanol–water partition coefficient (Wildman–Crippen LogP) is 2.30. The minimum absolute atomic E-state index is 0.135. The number of carbonyl (C=O) groups excluding carboxylic acids is 1. The van der Waals surface area contributed by atoms with Crippen LogP contribution in [0.25, 0.3) is 0 Å². The van der Waals surface area contributed by atoms with Crippen LogP contribution in [-0.2, 0) is 7.05 Å². The molecule has 1 aromatic heterocycles. The van der Waals surface area contributed by atoms with Crippen molar-refractivity contribution in [1.82, 2.24) is 9.78 Å². The summed E-state index contributed by atoms with van der Waals surface area (Å²) in [7, 11) is 1.77. The molecule has 0 radical (unpaired) electrons. The van der Waals surface area contributed by atoms with E-state index < -0.39 is 5.97 Å². The van der Waals surface area contributed by atoms with Gasteiger partial charge in [0.05, 0.1) is 16.8 Å². The second kappa shape index (κ2) is 5.40. The number of hydrogen-bond donors (Lipinski definition) is 2. The van der Waals surface area contributed by atoms with Crippen molar-refractivity contribution in [2.75, 3.05) is 5.32 Å². The highest BCUT2D eigenvalue weighted by molar-refractivity contribution is 6.06. The van der Waals surface area contributed by atoms with E-state index in [4.69, 9.17) is 5.11 Å². The standard InChI is InChI=1S/C15H17N3O3/c1-8-5-6-11(15(20)21)7-12(8)16-14(19)13-9(2)17-18(4)10(13)3/h5-7H,1-4H3,(H,16,19)(H,20,21). The molecule has 2 N–H and O–H groups in total. The second-order valence-electron chi connectivity index (χ2n) is 4.96. The summed E-state index contributed by atoms with van der Waals surface area (Å²) in [6.45, 7) is 5.39. The Balaban J connectivity index is 2.35. The average molecular weight is 287 g/mol. The van der Waals surface area contributed by atoms with Gasteiger partial charge in [-0.3, -0.25) is 9.48 Å². The molecule has 0 saturated carbocycles. The number of anilines is 1. The maximum Gasteiger partial charge on any atom is 0.335 e. The first-order valence-corrected chi connectivity index (χ1v) is 6.46. The fourth-order valence-corrected chi connectivity index (χ4v) is 2.18. The number of carbonyl (C=O) groups is 2. The Morgan fingerprint density at radius 2 is 1.90 bits per heavy atom. The van der Waals surface area contributed by atoms with Crippen molar-refractivity contribution in [1.29, 1.82) is 0 Å². The zero-order chi connectivity index (χ0) is 15.7. The summed E-state index contributed by atoms with van der Waals surface area (Å²) in [5.41, 5.74) is 3.33. The Morgan fingerprint density at radius 1 is 1.24 bits per heavy atom. The van der Waals surface area contributed by atoms with Crippen molar-refractivity contribution in [3.05, 3.63) is 46.3 Å². The van der Waals surface area contributed by atoms with Gasteiger partial charge in [0.1, 0.15) is 0 Å². The number of hydrogen-bond acceptors (Lipinski definition) is 3. The Hall–Kier alpha value is -2.63. The molecule has 2 aromatic rings. The highest BCUT2D eigenvalue weighted by Crippen LogP contribution is 2.20. The van der Waals surface area contributed by atoms with Crippen LogP contribution in [0.2, 0.25) is 0 Å². The molecule has 0 unspecified atom stereocenters. The molecule has 1 amide bonds. The summed E-state index contributed by atoms with van der Waals surface area (Å²) < 4.78 is 1.64. The van der Waals surface area contributed by atoms with Gasteiger partial charge < -0.3 is 10.4 Å². The molecule has 0 saturated heterocycles. The molecule has 0 spiro atoms. The third kappa shape index (κ3) is 2.79. The van der Waals surface area contributed by atoms with Gasteiger partial charge >= 0.3 is 5.97 Å². The van der Waals surface area contributed by atoms with Crippen LogP contribution in [0.4, 0.5) is 5.69 Å². The van der Waals surface area contributed by atoms with Crippen LogP contribution in [-0.4, -0.2) is 26.8 Å². The number of nitrogens with one attached hydrogen (secondary N) is 1. The fraction of sp³-hybridized carbons (Fsp3) is 0.267. The molecule has 0 aliphatic rings. The molecule has 1 heterocycles. The number of aromatic nitrogens is 2. The van der Waals surface area contributed by atoms with Crippen molar-refractivity contribution < 1.29 is 14.7 Å². The summed E-state index contributed by atoms with van der Waals surface area (Å²) in [6.07, 6.45) is 0. The lowest BCUT2D eigenvalue weighted by atomic mass is 10.1. The average Bonchev–Trinajstić information content (AvgIpc) is 2.65. The van der Waals surface area contributed by atoms with Crippen LogP contribution in [0.1, 0.15) is 37.7 Å². The van der Waals surface area contributed by atoms with Gasteiger partial charge in [-0.15, -0.1) is 0 Å². The number of aryl methyl sites for hydroxylation is 3. The maximum atomic E-state index is 12.4. The Labute approximate surface area is 122 Å². The van der Waals surface area contributed by atoms with E-state index in [2.05, 4.69) is 10.4 Å². The zero-order valence-electron chi connectivity index (χ0n) is 12.4. The smallest absolute Gasteiger partial charge is 0.335 e. The third-order valence-electron chi connectivity index (χ3n) is 3.47. The van der Waals surface area contributed by atoms with Gasteiger partial charge in [0.15, 0.2) is 0 Å². The number of amides is 1. The number of rotatable bonds is 3. The molecular formula is C15H17N3O3. The molecule has 21 heavy (non-hydrogen) atoms. The SMILES string of the molecule is Cc1ccc(C(=O)O)cc1NC(=O)c1c(C)nn(C)c1C. The molecule has 0 fully saturated rings. The lowest BCUT2D eigenvalue weighted by Gasteiger charge is -2.09. The summed E-state index contributed by atoms with van der Waals surface area (Å²) in [5, 5.41) is 16.0. The van der Waals surface area contributed by atoms with Crippen molar-refractivity contribution in [2.45, 2.75) is 20.8 Å². The highest BCUT2D eigenvalue weighted by Gasteiger charge is 2.18. The van der Waals surface area contributed by atoms with E-state index in [0.29, 0.717) is 16.9 Å². The van der Waals surface area contributed by atoms with Crippen LogP contribution in [0.3, 0.4) is 0 Å². The lowest BCUT2D eigenvalue weighted by molar-refractivity contribution is 0.0696. The molecule has 0 bridgehead atoms. The molecular weight excluding hydrogens is 270 g/mol. The first-order chi connectivity index (χ1) is 9.81. The van der Waals surface area contributed by atoms with Gasteiger partial charge in [0, 0.05) is 18.4 Å². The zero-order valence-corrected chi connectivity index (χ0v) is 12.4. The predicted molar refractivity (Wildman–Crippen MR) is 78.8 cm³/mol. The summed E-state index contributed by atoms with van der Waals surface area (Å²) >= 11 is 0. The van der Waals surface area contributed by atoms with E-state index in [0.717, 1.165) is 11.3 Å². The molecule has 6 heteroatoms. The second-order valence-corrected chi connectivity index (χ2v) is 4.96. The Bertz CT molecular complexity index is 732. The van der Waals surface area contributed by atoms with Gasteiger partial charge in [-0.1, -0.05) is 6.07 Å². The number of nitrogens with zero attached hydrogens (tertiary/aromatic N) is 2. The largest absolute Gasteiger partial charge is 0.478 e. The van der Waals surface area contributed by atoms with Crippen LogP contribution in [0, 0.1) is 20.8 Å². The monoisotopic (exact) mass is 287 g/mol. The van der Waals surface area contributed by atoms with E-state index in [1.807, 2.05) is 13.8 Å².